The van der Waals surface area contributed by atoms with E-state index in [9.17, 15) is 0 Å². The zero-order valence-corrected chi connectivity index (χ0v) is 15.9. The Morgan fingerprint density at radius 3 is 2.33 bits per heavy atom. The summed E-state index contributed by atoms with van der Waals surface area (Å²) < 4.78 is 5.63. The van der Waals surface area contributed by atoms with Gasteiger partial charge >= 0.3 is 0 Å². The Kier molecular flexibility index (Phi) is 6.71. The number of hydrogen-bond donors (Lipinski definition) is 2. The van der Waals surface area contributed by atoms with E-state index < -0.39 is 0 Å². The molecule has 3 aromatic rings. The normalized spacial score (nSPS) is 11.4. The Bertz CT molecular complexity index is 841. The lowest BCUT2D eigenvalue weighted by Gasteiger charge is -2.16. The number of aryl methyl sites for hydroxylation is 1. The minimum atomic E-state index is 0.249. The van der Waals surface area contributed by atoms with Crippen LogP contribution in [0.2, 0.25) is 0 Å². The summed E-state index contributed by atoms with van der Waals surface area (Å²) in [6, 6.07) is 23.7. The number of benzene rings is 2. The SMILES string of the molecule is C[C@H](CCc1ccccc1)NC(=S)Nc1ccc(Oc2ccccc2)nn1. The molecule has 27 heavy (non-hydrogen) atoms. The quantitative estimate of drug-likeness (QED) is 0.587. The van der Waals surface area contributed by atoms with E-state index in [4.69, 9.17) is 17.0 Å². The molecule has 0 saturated carbocycles. The van der Waals surface area contributed by atoms with Gasteiger partial charge in [-0.1, -0.05) is 48.5 Å². The Labute approximate surface area is 164 Å². The van der Waals surface area contributed by atoms with Crippen molar-refractivity contribution in [3.05, 3.63) is 78.4 Å². The predicted octanol–water partition coefficient (Wildman–Crippen LogP) is 4.58. The van der Waals surface area contributed by atoms with Crippen LogP contribution in [-0.2, 0) is 6.42 Å². The molecule has 0 aliphatic rings. The summed E-state index contributed by atoms with van der Waals surface area (Å²) in [5.41, 5.74) is 1.32. The summed E-state index contributed by atoms with van der Waals surface area (Å²) >= 11 is 5.36. The third kappa shape index (κ3) is 6.34. The number of rotatable bonds is 7. The summed E-state index contributed by atoms with van der Waals surface area (Å²) in [5.74, 6) is 1.72. The maximum absolute atomic E-state index is 5.63. The van der Waals surface area contributed by atoms with E-state index in [2.05, 4.69) is 52.0 Å². The molecule has 5 nitrogen and oxygen atoms in total. The highest BCUT2D eigenvalue weighted by atomic mass is 32.1. The molecule has 6 heteroatoms. The first kappa shape index (κ1) is 18.8. The summed E-state index contributed by atoms with van der Waals surface area (Å²) in [5, 5.41) is 15.0. The molecule has 0 spiro atoms. The number of nitrogens with one attached hydrogen (secondary N) is 2. The van der Waals surface area contributed by atoms with Crippen molar-refractivity contribution in [2.24, 2.45) is 0 Å². The van der Waals surface area contributed by atoms with E-state index in [1.807, 2.05) is 36.4 Å². The van der Waals surface area contributed by atoms with Crippen molar-refractivity contribution in [2.45, 2.75) is 25.8 Å². The van der Waals surface area contributed by atoms with Crippen LogP contribution in [0.5, 0.6) is 11.6 Å². The van der Waals surface area contributed by atoms with Gasteiger partial charge in [-0.25, -0.2) is 0 Å². The van der Waals surface area contributed by atoms with Gasteiger partial charge in [-0.2, -0.15) is 0 Å². The van der Waals surface area contributed by atoms with Crippen LogP contribution in [0.4, 0.5) is 5.82 Å². The highest BCUT2D eigenvalue weighted by molar-refractivity contribution is 7.80. The molecule has 3 rings (SSSR count). The fraction of sp³-hybridized carbons (Fsp3) is 0.190. The summed E-state index contributed by atoms with van der Waals surface area (Å²) in [7, 11) is 0. The van der Waals surface area contributed by atoms with E-state index in [1.54, 1.807) is 12.1 Å². The van der Waals surface area contributed by atoms with Crippen molar-refractivity contribution in [1.29, 1.82) is 0 Å². The average Bonchev–Trinajstić information content (AvgIpc) is 2.69. The van der Waals surface area contributed by atoms with Gasteiger partial charge in [0.2, 0.25) is 5.88 Å². The Morgan fingerprint density at radius 1 is 0.963 bits per heavy atom. The molecule has 1 heterocycles. The number of nitrogens with zero attached hydrogens (tertiary/aromatic N) is 2. The third-order valence-electron chi connectivity index (χ3n) is 3.93. The molecule has 2 N–H and O–H groups in total. The second-order valence-corrected chi connectivity index (χ2v) is 6.60. The number of para-hydroxylation sites is 1. The van der Waals surface area contributed by atoms with Gasteiger partial charge in [-0.05, 0) is 55.7 Å². The van der Waals surface area contributed by atoms with Crippen LogP contribution in [0.1, 0.15) is 18.9 Å². The highest BCUT2D eigenvalue weighted by Gasteiger charge is 2.07. The summed E-state index contributed by atoms with van der Waals surface area (Å²) in [6.07, 6.45) is 1.99. The van der Waals surface area contributed by atoms with Crippen LogP contribution in [-0.4, -0.2) is 21.4 Å². The van der Waals surface area contributed by atoms with Crippen molar-refractivity contribution in [3.63, 3.8) is 0 Å². The molecule has 0 aliphatic heterocycles. The van der Waals surface area contributed by atoms with Crippen molar-refractivity contribution >= 4 is 23.1 Å². The van der Waals surface area contributed by atoms with Crippen LogP contribution in [0, 0.1) is 0 Å². The number of thiocarbonyl (C=S) groups is 1. The lowest BCUT2D eigenvalue weighted by atomic mass is 10.1. The Hall–Kier alpha value is -2.99. The van der Waals surface area contributed by atoms with E-state index in [0.717, 1.165) is 18.6 Å². The van der Waals surface area contributed by atoms with Gasteiger partial charge in [0.25, 0.3) is 0 Å². The number of anilines is 1. The molecule has 2 aromatic carbocycles. The van der Waals surface area contributed by atoms with Gasteiger partial charge in [-0.3, -0.25) is 0 Å². The van der Waals surface area contributed by atoms with Gasteiger partial charge in [0, 0.05) is 12.1 Å². The minimum Gasteiger partial charge on any atom is -0.438 e. The van der Waals surface area contributed by atoms with Gasteiger partial charge < -0.3 is 15.4 Å². The topological polar surface area (TPSA) is 59.1 Å². The van der Waals surface area contributed by atoms with Crippen molar-refractivity contribution in [2.75, 3.05) is 5.32 Å². The zero-order valence-electron chi connectivity index (χ0n) is 15.1. The van der Waals surface area contributed by atoms with Crippen LogP contribution in [0.25, 0.3) is 0 Å². The van der Waals surface area contributed by atoms with Crippen molar-refractivity contribution in [3.8, 4) is 11.6 Å². The van der Waals surface area contributed by atoms with Gasteiger partial charge in [0.1, 0.15) is 5.75 Å². The number of aromatic nitrogens is 2. The highest BCUT2D eigenvalue weighted by Crippen LogP contribution is 2.18. The molecule has 1 atom stereocenters. The first-order valence-electron chi connectivity index (χ1n) is 8.87. The zero-order chi connectivity index (χ0) is 18.9. The molecular formula is C21H22N4OS. The standard InChI is InChI=1S/C21H22N4OS/c1-16(12-13-17-8-4-2-5-9-17)22-21(27)23-19-14-15-20(25-24-19)26-18-10-6-3-7-11-18/h2-11,14-16H,12-13H2,1H3,(H2,22,23,24,27)/t16-/m1/s1. The molecule has 0 saturated heterocycles. The molecule has 0 aliphatic carbocycles. The lowest BCUT2D eigenvalue weighted by molar-refractivity contribution is 0.455. The summed E-state index contributed by atoms with van der Waals surface area (Å²) in [4.78, 5) is 0. The van der Waals surface area contributed by atoms with E-state index in [0.29, 0.717) is 16.8 Å². The first-order chi connectivity index (χ1) is 13.2. The van der Waals surface area contributed by atoms with Gasteiger partial charge in [0.05, 0.1) is 0 Å². The maximum atomic E-state index is 5.63. The van der Waals surface area contributed by atoms with E-state index in [1.165, 1.54) is 5.56 Å². The van der Waals surface area contributed by atoms with Crippen molar-refractivity contribution in [1.82, 2.24) is 15.5 Å². The Morgan fingerprint density at radius 2 is 1.67 bits per heavy atom. The van der Waals surface area contributed by atoms with Gasteiger partial charge in [-0.15, -0.1) is 10.2 Å². The van der Waals surface area contributed by atoms with Crippen LogP contribution < -0.4 is 15.4 Å². The maximum Gasteiger partial charge on any atom is 0.238 e. The second-order valence-electron chi connectivity index (χ2n) is 6.20. The number of hydrogen-bond acceptors (Lipinski definition) is 4. The molecule has 0 amide bonds. The minimum absolute atomic E-state index is 0.249. The molecule has 0 fully saturated rings. The van der Waals surface area contributed by atoms with Crippen molar-refractivity contribution < 1.29 is 4.74 Å². The fourth-order valence-corrected chi connectivity index (χ4v) is 2.83. The monoisotopic (exact) mass is 378 g/mol. The summed E-state index contributed by atoms with van der Waals surface area (Å²) in [6.45, 7) is 2.11. The van der Waals surface area contributed by atoms with Crippen LogP contribution >= 0.6 is 12.2 Å². The molecule has 0 radical (unpaired) electrons. The second kappa shape index (κ2) is 9.64. The average molecular weight is 379 g/mol. The Balaban J connectivity index is 1.44. The van der Waals surface area contributed by atoms with Crippen LogP contribution in [0.15, 0.2) is 72.8 Å². The van der Waals surface area contributed by atoms with E-state index >= 15 is 0 Å². The third-order valence-corrected chi connectivity index (χ3v) is 4.15. The first-order valence-corrected chi connectivity index (χ1v) is 9.28. The number of ether oxygens (including phenoxy) is 1. The van der Waals surface area contributed by atoms with E-state index in [-0.39, 0.29) is 6.04 Å². The lowest BCUT2D eigenvalue weighted by Crippen LogP contribution is -2.36. The molecule has 0 unspecified atom stereocenters. The smallest absolute Gasteiger partial charge is 0.238 e. The van der Waals surface area contributed by atoms with Crippen LogP contribution in [0.3, 0.4) is 0 Å². The molecule has 1 aromatic heterocycles. The molecular weight excluding hydrogens is 356 g/mol. The van der Waals surface area contributed by atoms with Gasteiger partial charge in [0.15, 0.2) is 10.9 Å². The largest absolute Gasteiger partial charge is 0.438 e. The molecule has 0 bridgehead atoms. The molecule has 138 valence electrons. The predicted molar refractivity (Wildman–Crippen MR) is 112 cm³/mol. The fourth-order valence-electron chi connectivity index (χ4n) is 2.53.